The van der Waals surface area contributed by atoms with Crippen molar-refractivity contribution in [3.63, 3.8) is 0 Å². The SMILES string of the molecule is Nc1cc(CN2CCC(O)CC2)cc(C(F)(F)F)c1. The third-order valence-corrected chi connectivity index (χ3v) is 3.31. The lowest BCUT2D eigenvalue weighted by molar-refractivity contribution is -0.137. The molecule has 1 saturated heterocycles. The summed E-state index contributed by atoms with van der Waals surface area (Å²) in [6, 6.07) is 3.66. The van der Waals surface area contributed by atoms with Crippen LogP contribution >= 0.6 is 0 Å². The van der Waals surface area contributed by atoms with E-state index in [4.69, 9.17) is 5.73 Å². The number of piperidine rings is 1. The van der Waals surface area contributed by atoms with Crippen LogP contribution in [0, 0.1) is 0 Å². The summed E-state index contributed by atoms with van der Waals surface area (Å²) in [5.41, 5.74) is 5.50. The van der Waals surface area contributed by atoms with Crippen LogP contribution in [0.4, 0.5) is 18.9 Å². The number of rotatable bonds is 2. The highest BCUT2D eigenvalue weighted by atomic mass is 19.4. The number of halogens is 3. The minimum atomic E-state index is -4.37. The normalized spacial score (nSPS) is 18.7. The summed E-state index contributed by atoms with van der Waals surface area (Å²) in [6.45, 7) is 1.81. The number of benzene rings is 1. The molecule has 0 bridgehead atoms. The van der Waals surface area contributed by atoms with Crippen molar-refractivity contribution in [3.05, 3.63) is 29.3 Å². The molecule has 0 saturated carbocycles. The summed E-state index contributed by atoms with van der Waals surface area (Å²) in [7, 11) is 0. The van der Waals surface area contributed by atoms with Gasteiger partial charge in [0.15, 0.2) is 0 Å². The number of alkyl halides is 3. The first-order chi connectivity index (χ1) is 8.84. The molecule has 1 heterocycles. The van der Waals surface area contributed by atoms with E-state index in [-0.39, 0.29) is 11.8 Å². The first kappa shape index (κ1) is 14.1. The van der Waals surface area contributed by atoms with Crippen molar-refractivity contribution in [1.29, 1.82) is 0 Å². The third kappa shape index (κ3) is 3.84. The number of hydrogen-bond acceptors (Lipinski definition) is 3. The van der Waals surface area contributed by atoms with E-state index in [1.165, 1.54) is 0 Å². The molecular formula is C13H17F3N2O. The number of anilines is 1. The van der Waals surface area contributed by atoms with Gasteiger partial charge < -0.3 is 10.8 Å². The molecule has 1 fully saturated rings. The van der Waals surface area contributed by atoms with Crippen LogP contribution in [0.1, 0.15) is 24.0 Å². The average molecular weight is 274 g/mol. The van der Waals surface area contributed by atoms with Crippen LogP contribution < -0.4 is 5.73 Å². The van der Waals surface area contributed by atoms with Crippen LogP contribution in [-0.2, 0) is 12.7 Å². The summed E-state index contributed by atoms with van der Waals surface area (Å²) < 4.78 is 38.0. The zero-order valence-corrected chi connectivity index (χ0v) is 10.5. The van der Waals surface area contributed by atoms with E-state index in [0.717, 1.165) is 12.1 Å². The fraction of sp³-hybridized carbons (Fsp3) is 0.538. The Morgan fingerprint density at radius 1 is 1.21 bits per heavy atom. The molecular weight excluding hydrogens is 257 g/mol. The number of nitrogens with two attached hydrogens (primary N) is 1. The van der Waals surface area contributed by atoms with Crippen molar-refractivity contribution in [1.82, 2.24) is 4.90 Å². The minimum absolute atomic E-state index is 0.127. The first-order valence-electron chi connectivity index (χ1n) is 6.21. The highest BCUT2D eigenvalue weighted by molar-refractivity contribution is 5.45. The predicted molar refractivity (Wildman–Crippen MR) is 66.4 cm³/mol. The van der Waals surface area contributed by atoms with Crippen molar-refractivity contribution in [2.24, 2.45) is 0 Å². The topological polar surface area (TPSA) is 49.5 Å². The van der Waals surface area contributed by atoms with Crippen LogP contribution in [0.15, 0.2) is 18.2 Å². The van der Waals surface area contributed by atoms with Crippen molar-refractivity contribution in [3.8, 4) is 0 Å². The Hall–Kier alpha value is -1.27. The van der Waals surface area contributed by atoms with Crippen LogP contribution in [0.3, 0.4) is 0 Å². The van der Waals surface area contributed by atoms with Gasteiger partial charge in [0.1, 0.15) is 0 Å². The van der Waals surface area contributed by atoms with E-state index in [2.05, 4.69) is 0 Å². The second-order valence-electron chi connectivity index (χ2n) is 4.97. The number of aliphatic hydroxyl groups excluding tert-OH is 1. The molecule has 3 N–H and O–H groups in total. The molecule has 2 rings (SSSR count). The molecule has 0 amide bonds. The lowest BCUT2D eigenvalue weighted by Crippen LogP contribution is -2.35. The maximum absolute atomic E-state index is 12.7. The molecule has 0 radical (unpaired) electrons. The third-order valence-electron chi connectivity index (χ3n) is 3.31. The summed E-state index contributed by atoms with van der Waals surface area (Å²) in [6.07, 6.45) is -3.34. The highest BCUT2D eigenvalue weighted by Gasteiger charge is 2.31. The van der Waals surface area contributed by atoms with Crippen molar-refractivity contribution < 1.29 is 18.3 Å². The number of nitrogens with zero attached hydrogens (tertiary/aromatic N) is 1. The van der Waals surface area contributed by atoms with E-state index in [0.29, 0.717) is 38.0 Å². The van der Waals surface area contributed by atoms with Gasteiger partial charge in [-0.15, -0.1) is 0 Å². The molecule has 0 atom stereocenters. The van der Waals surface area contributed by atoms with Gasteiger partial charge >= 0.3 is 6.18 Å². The predicted octanol–water partition coefficient (Wildman–Crippen LogP) is 2.24. The fourth-order valence-corrected chi connectivity index (χ4v) is 2.31. The quantitative estimate of drug-likeness (QED) is 0.813. The summed E-state index contributed by atoms with van der Waals surface area (Å²) >= 11 is 0. The second-order valence-corrected chi connectivity index (χ2v) is 4.97. The molecule has 0 aromatic heterocycles. The Morgan fingerprint density at radius 3 is 2.42 bits per heavy atom. The van der Waals surface area contributed by atoms with Crippen LogP contribution in [-0.4, -0.2) is 29.2 Å². The molecule has 0 spiro atoms. The summed E-state index contributed by atoms with van der Waals surface area (Å²) in [5, 5.41) is 9.39. The molecule has 106 valence electrons. The van der Waals surface area contributed by atoms with E-state index in [1.54, 1.807) is 6.07 Å². The molecule has 0 unspecified atom stereocenters. The number of aliphatic hydroxyl groups is 1. The zero-order valence-electron chi connectivity index (χ0n) is 10.5. The maximum atomic E-state index is 12.7. The van der Waals surface area contributed by atoms with E-state index in [9.17, 15) is 18.3 Å². The lowest BCUT2D eigenvalue weighted by Gasteiger charge is -2.29. The van der Waals surface area contributed by atoms with Gasteiger partial charge in [-0.2, -0.15) is 13.2 Å². The molecule has 1 aliphatic heterocycles. The number of likely N-dealkylation sites (tertiary alicyclic amines) is 1. The second kappa shape index (κ2) is 5.38. The fourth-order valence-electron chi connectivity index (χ4n) is 2.31. The lowest BCUT2D eigenvalue weighted by atomic mass is 10.1. The Kier molecular flexibility index (Phi) is 4.01. The molecule has 1 aliphatic rings. The standard InChI is InChI=1S/C13H17F3N2O/c14-13(15,16)10-5-9(6-11(17)7-10)8-18-3-1-12(19)2-4-18/h5-7,12,19H,1-4,8,17H2. The van der Waals surface area contributed by atoms with E-state index in [1.807, 2.05) is 4.90 Å². The largest absolute Gasteiger partial charge is 0.416 e. The molecule has 6 heteroatoms. The Labute approximate surface area is 109 Å². The highest BCUT2D eigenvalue weighted by Crippen LogP contribution is 2.31. The van der Waals surface area contributed by atoms with Gasteiger partial charge in [-0.3, -0.25) is 4.90 Å². The van der Waals surface area contributed by atoms with Gasteiger partial charge in [-0.05, 0) is 36.6 Å². The van der Waals surface area contributed by atoms with Gasteiger partial charge in [0, 0.05) is 25.3 Å². The van der Waals surface area contributed by atoms with Gasteiger partial charge in [0.25, 0.3) is 0 Å². The molecule has 3 nitrogen and oxygen atoms in total. The minimum Gasteiger partial charge on any atom is -0.399 e. The Bertz CT molecular complexity index is 440. The number of nitrogen functional groups attached to an aromatic ring is 1. The van der Waals surface area contributed by atoms with Crippen LogP contribution in [0.5, 0.6) is 0 Å². The van der Waals surface area contributed by atoms with Gasteiger partial charge in [-0.25, -0.2) is 0 Å². The Morgan fingerprint density at radius 2 is 1.84 bits per heavy atom. The van der Waals surface area contributed by atoms with Crippen LogP contribution in [0.25, 0.3) is 0 Å². The maximum Gasteiger partial charge on any atom is 0.416 e. The summed E-state index contributed by atoms with van der Waals surface area (Å²) in [4.78, 5) is 2.03. The first-order valence-corrected chi connectivity index (χ1v) is 6.21. The van der Waals surface area contributed by atoms with Gasteiger partial charge in [-0.1, -0.05) is 0 Å². The zero-order chi connectivity index (χ0) is 14.0. The number of hydrogen-bond donors (Lipinski definition) is 2. The monoisotopic (exact) mass is 274 g/mol. The van der Waals surface area contributed by atoms with Crippen molar-refractivity contribution in [2.75, 3.05) is 18.8 Å². The smallest absolute Gasteiger partial charge is 0.399 e. The van der Waals surface area contributed by atoms with E-state index >= 15 is 0 Å². The van der Waals surface area contributed by atoms with Crippen molar-refractivity contribution in [2.45, 2.75) is 31.7 Å². The molecule has 1 aromatic carbocycles. The van der Waals surface area contributed by atoms with E-state index < -0.39 is 11.7 Å². The van der Waals surface area contributed by atoms with Gasteiger partial charge in [0.05, 0.1) is 11.7 Å². The summed E-state index contributed by atoms with van der Waals surface area (Å²) in [5.74, 6) is 0. The Balaban J connectivity index is 2.10. The van der Waals surface area contributed by atoms with Crippen LogP contribution in [0.2, 0.25) is 0 Å². The molecule has 0 aliphatic carbocycles. The van der Waals surface area contributed by atoms with Crippen molar-refractivity contribution >= 4 is 5.69 Å². The molecule has 19 heavy (non-hydrogen) atoms. The average Bonchev–Trinajstić information content (AvgIpc) is 2.30. The molecule has 1 aromatic rings. The van der Waals surface area contributed by atoms with Gasteiger partial charge in [0.2, 0.25) is 0 Å².